The molecule has 1 saturated heterocycles. The number of carbonyl (C=O) groups excluding carboxylic acids is 1. The molecule has 0 saturated carbocycles. The number of allylic oxidation sites excluding steroid dienone is 1. The Morgan fingerprint density at radius 2 is 1.90 bits per heavy atom. The molecular weight excluding hydrogens is 516 g/mol. The van der Waals surface area contributed by atoms with Crippen LogP contribution in [0.4, 0.5) is 19.3 Å². The molecule has 0 atom stereocenters. The molecule has 5 rings (SSSR count). The van der Waals surface area contributed by atoms with Gasteiger partial charge < -0.3 is 19.3 Å². The summed E-state index contributed by atoms with van der Waals surface area (Å²) in [5.41, 5.74) is 2.56. The van der Waals surface area contributed by atoms with Crippen molar-refractivity contribution in [2.24, 2.45) is 10.9 Å². The fourth-order valence-corrected chi connectivity index (χ4v) is 5.40. The third-order valence-electron chi connectivity index (χ3n) is 7.37. The largest absolute Gasteiger partial charge is 0.486 e. The van der Waals surface area contributed by atoms with E-state index in [0.29, 0.717) is 56.3 Å². The number of halogens is 2. The van der Waals surface area contributed by atoms with Gasteiger partial charge in [0.2, 0.25) is 0 Å². The number of nitrogens with zero attached hydrogens (tertiary/aromatic N) is 5. The fourth-order valence-electron chi connectivity index (χ4n) is 5.40. The Balaban J connectivity index is 1.27. The Bertz CT molecular complexity index is 1340. The van der Waals surface area contributed by atoms with Crippen LogP contribution in [-0.4, -0.2) is 71.1 Å². The van der Waals surface area contributed by atoms with Crippen molar-refractivity contribution in [1.29, 1.82) is 0 Å². The molecule has 1 aromatic carbocycles. The molecule has 1 aromatic heterocycles. The maximum absolute atomic E-state index is 15.0. The second-order valence-corrected chi connectivity index (χ2v) is 11.9. The number of carbonyl (C=O) groups is 1. The second-order valence-electron chi connectivity index (χ2n) is 11.9. The molecule has 3 aliphatic rings. The van der Waals surface area contributed by atoms with Crippen LogP contribution in [0.15, 0.2) is 35.0 Å². The number of rotatable bonds is 5. The topological polar surface area (TPSA) is 80.2 Å². The summed E-state index contributed by atoms with van der Waals surface area (Å²) in [6.07, 6.45) is 5.01. The molecule has 0 N–H and O–H groups in total. The molecule has 0 aliphatic carbocycles. The standard InChI is InChI=1S/C30H37F2N5O3/c1-18(2)37-10-11-39-28-22(31)14-21(15-25(28)37)27-23(32)17-34-26(35-27)13-19-12-24(33-16-19)20-6-8-36(9-7-20)29(38)40-30(3,4)5/h12,14-15,17-18,20H,6-11,13,16H2,1-5H3. The van der Waals surface area contributed by atoms with Gasteiger partial charge in [0.25, 0.3) is 0 Å². The summed E-state index contributed by atoms with van der Waals surface area (Å²) >= 11 is 0. The van der Waals surface area contributed by atoms with Gasteiger partial charge in [-0.3, -0.25) is 4.99 Å². The van der Waals surface area contributed by atoms with Gasteiger partial charge in [-0.2, -0.15) is 0 Å². The first-order valence-electron chi connectivity index (χ1n) is 13.9. The number of ether oxygens (including phenoxy) is 2. The molecule has 0 spiro atoms. The monoisotopic (exact) mass is 553 g/mol. The molecule has 2 aromatic rings. The van der Waals surface area contributed by atoms with E-state index in [1.165, 1.54) is 6.07 Å². The van der Waals surface area contributed by atoms with Crippen LogP contribution in [0.5, 0.6) is 5.75 Å². The van der Waals surface area contributed by atoms with Crippen molar-refractivity contribution >= 4 is 17.5 Å². The van der Waals surface area contributed by atoms with Crippen molar-refractivity contribution in [2.75, 3.05) is 37.7 Å². The van der Waals surface area contributed by atoms with Crippen LogP contribution in [0.25, 0.3) is 11.3 Å². The maximum atomic E-state index is 15.0. The highest BCUT2D eigenvalue weighted by Crippen LogP contribution is 2.39. The van der Waals surface area contributed by atoms with Gasteiger partial charge in [-0.1, -0.05) is 0 Å². The lowest BCUT2D eigenvalue weighted by Crippen LogP contribution is -2.42. The zero-order chi connectivity index (χ0) is 28.6. The Morgan fingerprint density at radius 3 is 2.60 bits per heavy atom. The van der Waals surface area contributed by atoms with Crippen LogP contribution in [-0.2, 0) is 11.2 Å². The zero-order valence-electron chi connectivity index (χ0n) is 23.8. The fraction of sp³-hybridized carbons (Fsp3) is 0.533. The van der Waals surface area contributed by atoms with Crippen LogP contribution in [0.1, 0.15) is 53.3 Å². The van der Waals surface area contributed by atoms with Gasteiger partial charge in [-0.25, -0.2) is 23.5 Å². The summed E-state index contributed by atoms with van der Waals surface area (Å²) in [4.78, 5) is 29.6. The minimum Gasteiger partial charge on any atom is -0.486 e. The highest BCUT2D eigenvalue weighted by molar-refractivity contribution is 5.99. The van der Waals surface area contributed by atoms with E-state index >= 15 is 4.39 Å². The molecule has 40 heavy (non-hydrogen) atoms. The number of piperidine rings is 1. The first-order valence-corrected chi connectivity index (χ1v) is 13.9. The van der Waals surface area contributed by atoms with Gasteiger partial charge in [0.15, 0.2) is 17.4 Å². The summed E-state index contributed by atoms with van der Waals surface area (Å²) in [5, 5.41) is 0. The quantitative estimate of drug-likeness (QED) is 0.480. The Labute approximate surface area is 234 Å². The minimum absolute atomic E-state index is 0.0650. The second kappa shape index (κ2) is 11.1. The smallest absolute Gasteiger partial charge is 0.410 e. The SMILES string of the molecule is CC(C)N1CCOc2c(F)cc(-c3nc(CC4=CC(C5CCN(C(=O)OC(C)(C)C)CC5)=NC4)ncc3F)cc21. The lowest BCUT2D eigenvalue weighted by atomic mass is 9.91. The normalized spacial score (nSPS) is 17.9. The summed E-state index contributed by atoms with van der Waals surface area (Å²) in [7, 11) is 0. The van der Waals surface area contributed by atoms with Crippen molar-refractivity contribution in [3.63, 3.8) is 0 Å². The average Bonchev–Trinajstić information content (AvgIpc) is 3.37. The van der Waals surface area contributed by atoms with E-state index in [1.54, 1.807) is 11.0 Å². The zero-order valence-corrected chi connectivity index (χ0v) is 23.8. The van der Waals surface area contributed by atoms with Gasteiger partial charge in [0, 0.05) is 42.7 Å². The number of aliphatic imine (C=N–C) groups is 1. The third-order valence-corrected chi connectivity index (χ3v) is 7.37. The van der Waals surface area contributed by atoms with E-state index in [1.807, 2.05) is 39.5 Å². The summed E-state index contributed by atoms with van der Waals surface area (Å²) in [6.45, 7) is 12.5. The van der Waals surface area contributed by atoms with E-state index in [-0.39, 0.29) is 29.5 Å². The van der Waals surface area contributed by atoms with Crippen molar-refractivity contribution in [3.8, 4) is 17.0 Å². The van der Waals surface area contributed by atoms with Crippen molar-refractivity contribution in [3.05, 3.63) is 47.4 Å². The van der Waals surface area contributed by atoms with Crippen molar-refractivity contribution < 1.29 is 23.0 Å². The van der Waals surface area contributed by atoms with Crippen molar-refractivity contribution in [2.45, 2.75) is 65.5 Å². The molecule has 4 heterocycles. The van der Waals surface area contributed by atoms with Gasteiger partial charge in [-0.05, 0) is 71.2 Å². The Hall–Kier alpha value is -3.56. The number of anilines is 1. The van der Waals surface area contributed by atoms with Crippen LogP contribution in [0.3, 0.4) is 0 Å². The van der Waals surface area contributed by atoms with Crippen LogP contribution >= 0.6 is 0 Å². The van der Waals surface area contributed by atoms with Crippen LogP contribution in [0.2, 0.25) is 0 Å². The molecule has 8 nitrogen and oxygen atoms in total. The molecule has 10 heteroatoms. The molecule has 214 valence electrons. The molecule has 1 amide bonds. The predicted molar refractivity (Wildman–Crippen MR) is 150 cm³/mol. The Morgan fingerprint density at radius 1 is 1.15 bits per heavy atom. The number of hydrogen-bond acceptors (Lipinski definition) is 7. The third kappa shape index (κ3) is 6.10. The summed E-state index contributed by atoms with van der Waals surface area (Å²) in [5.74, 6) is -0.229. The highest BCUT2D eigenvalue weighted by atomic mass is 19.1. The lowest BCUT2D eigenvalue weighted by molar-refractivity contribution is 0.0202. The van der Waals surface area contributed by atoms with E-state index in [4.69, 9.17) is 14.5 Å². The molecule has 0 unspecified atom stereocenters. The highest BCUT2D eigenvalue weighted by Gasteiger charge is 2.30. The van der Waals surface area contributed by atoms with Crippen LogP contribution < -0.4 is 9.64 Å². The van der Waals surface area contributed by atoms with Crippen LogP contribution in [0, 0.1) is 17.6 Å². The first-order chi connectivity index (χ1) is 19.0. The molecule has 3 aliphatic heterocycles. The molecular formula is C30H37F2N5O3. The maximum Gasteiger partial charge on any atom is 0.410 e. The predicted octanol–water partition coefficient (Wildman–Crippen LogP) is 5.60. The van der Waals surface area contributed by atoms with E-state index < -0.39 is 17.2 Å². The van der Waals surface area contributed by atoms with E-state index in [2.05, 4.69) is 16.0 Å². The number of likely N-dealkylation sites (tertiary alicyclic amines) is 1. The summed E-state index contributed by atoms with van der Waals surface area (Å²) in [6, 6.07) is 3.15. The van der Waals surface area contributed by atoms with E-state index in [0.717, 1.165) is 30.3 Å². The van der Waals surface area contributed by atoms with Gasteiger partial charge in [0.05, 0.1) is 25.0 Å². The average molecular weight is 554 g/mol. The molecule has 0 bridgehead atoms. The van der Waals surface area contributed by atoms with Gasteiger partial charge >= 0.3 is 6.09 Å². The number of aromatic nitrogens is 2. The van der Waals surface area contributed by atoms with Gasteiger partial charge in [0.1, 0.15) is 23.7 Å². The number of hydrogen-bond donors (Lipinski definition) is 0. The van der Waals surface area contributed by atoms with Gasteiger partial charge in [-0.15, -0.1) is 0 Å². The molecule has 1 fully saturated rings. The number of amides is 1. The lowest BCUT2D eigenvalue weighted by Gasteiger charge is -2.34. The first kappa shape index (κ1) is 28.0. The van der Waals surface area contributed by atoms with Crippen molar-refractivity contribution in [1.82, 2.24) is 14.9 Å². The minimum atomic E-state index is -0.606. The number of benzene rings is 1. The Kier molecular flexibility index (Phi) is 7.79. The van der Waals surface area contributed by atoms with E-state index in [9.17, 15) is 9.18 Å². The number of fused-ring (bicyclic) bond motifs is 1. The summed E-state index contributed by atoms with van der Waals surface area (Å²) < 4.78 is 41.0. The molecule has 0 radical (unpaired) electrons.